The van der Waals surface area contributed by atoms with Gasteiger partial charge in [-0.05, 0) is 53.1 Å². The van der Waals surface area contributed by atoms with Crippen molar-refractivity contribution in [2.24, 2.45) is 0 Å². The summed E-state index contributed by atoms with van der Waals surface area (Å²) < 4.78 is 5.80. The Morgan fingerprint density at radius 1 is 0.774 bits per heavy atom. The molecule has 1 amide bonds. The van der Waals surface area contributed by atoms with Gasteiger partial charge in [-0.1, -0.05) is 60.7 Å². The summed E-state index contributed by atoms with van der Waals surface area (Å²) in [6.07, 6.45) is 2.51. The van der Waals surface area contributed by atoms with Gasteiger partial charge in [0.25, 0.3) is 5.91 Å². The van der Waals surface area contributed by atoms with Gasteiger partial charge in [0.05, 0.1) is 0 Å². The lowest BCUT2D eigenvalue weighted by molar-refractivity contribution is -0.131. The van der Waals surface area contributed by atoms with Crippen LogP contribution in [-0.4, -0.2) is 17.0 Å². The van der Waals surface area contributed by atoms with Gasteiger partial charge in [-0.15, -0.1) is 0 Å². The van der Waals surface area contributed by atoms with Crippen LogP contribution in [0.3, 0.4) is 0 Å². The molecule has 0 saturated carbocycles. The van der Waals surface area contributed by atoms with E-state index in [9.17, 15) is 9.59 Å². The molecule has 0 radical (unpaired) electrons. The van der Waals surface area contributed by atoms with E-state index in [1.54, 1.807) is 36.4 Å². The lowest BCUT2D eigenvalue weighted by Gasteiger charge is -2.05. The van der Waals surface area contributed by atoms with Crippen molar-refractivity contribution in [1.29, 1.82) is 0 Å². The molecule has 31 heavy (non-hydrogen) atoms. The van der Waals surface area contributed by atoms with Crippen molar-refractivity contribution >= 4 is 23.6 Å². The number of carboxylic acid groups (broad SMARTS) is 1. The Hall–Kier alpha value is -4.38. The number of benzene rings is 3. The van der Waals surface area contributed by atoms with E-state index < -0.39 is 5.97 Å². The third kappa shape index (κ3) is 4.97. The van der Waals surface area contributed by atoms with Gasteiger partial charge in [-0.25, -0.2) is 4.79 Å². The second-order valence-corrected chi connectivity index (χ2v) is 6.86. The molecular formula is C26H19NO4. The Kier molecular flexibility index (Phi) is 5.76. The van der Waals surface area contributed by atoms with Gasteiger partial charge in [-0.2, -0.15) is 0 Å². The van der Waals surface area contributed by atoms with E-state index in [1.165, 1.54) is 6.08 Å². The largest absolute Gasteiger partial charge is 0.478 e. The first kappa shape index (κ1) is 19.9. The first-order valence-electron chi connectivity index (χ1n) is 9.66. The maximum atomic E-state index is 12.6. The zero-order chi connectivity index (χ0) is 21.6. The monoisotopic (exact) mass is 409 g/mol. The number of anilines is 1. The predicted octanol–water partition coefficient (Wildman–Crippen LogP) is 5.96. The van der Waals surface area contributed by atoms with E-state index in [4.69, 9.17) is 9.52 Å². The summed E-state index contributed by atoms with van der Waals surface area (Å²) >= 11 is 0. The van der Waals surface area contributed by atoms with Crippen molar-refractivity contribution in [1.82, 2.24) is 0 Å². The van der Waals surface area contributed by atoms with Crippen molar-refractivity contribution < 1.29 is 19.1 Å². The maximum absolute atomic E-state index is 12.6. The van der Waals surface area contributed by atoms with Crippen LogP contribution in [0.5, 0.6) is 0 Å². The fourth-order valence-corrected chi connectivity index (χ4v) is 3.18. The normalized spacial score (nSPS) is 10.8. The minimum Gasteiger partial charge on any atom is -0.478 e. The molecule has 1 heterocycles. The molecule has 3 aromatic carbocycles. The van der Waals surface area contributed by atoms with E-state index >= 15 is 0 Å². The number of amides is 1. The lowest BCUT2D eigenvalue weighted by atomic mass is 10.0. The molecule has 0 fully saturated rings. The second-order valence-electron chi connectivity index (χ2n) is 6.86. The summed E-state index contributed by atoms with van der Waals surface area (Å²) in [7, 11) is 0. The van der Waals surface area contributed by atoms with Crippen molar-refractivity contribution in [2.45, 2.75) is 0 Å². The van der Waals surface area contributed by atoms with Crippen LogP contribution in [0.1, 0.15) is 16.1 Å². The number of aliphatic carboxylic acids is 1. The highest BCUT2D eigenvalue weighted by molar-refractivity contribution is 6.02. The number of nitrogens with one attached hydrogen (secondary N) is 1. The molecule has 0 unspecified atom stereocenters. The molecule has 5 nitrogen and oxygen atoms in total. The molecule has 0 bridgehead atoms. The Labute approximate surface area is 179 Å². The Morgan fingerprint density at radius 2 is 1.52 bits per heavy atom. The zero-order valence-electron chi connectivity index (χ0n) is 16.5. The first-order valence-corrected chi connectivity index (χ1v) is 9.66. The fraction of sp³-hybridized carbons (Fsp3) is 0. The molecule has 0 aliphatic heterocycles. The van der Waals surface area contributed by atoms with Crippen LogP contribution in [0.15, 0.2) is 101 Å². The highest BCUT2D eigenvalue weighted by Crippen LogP contribution is 2.28. The van der Waals surface area contributed by atoms with Crippen LogP contribution >= 0.6 is 0 Å². The molecular weight excluding hydrogens is 390 g/mol. The van der Waals surface area contributed by atoms with Gasteiger partial charge in [0, 0.05) is 17.3 Å². The number of hydrogen-bond acceptors (Lipinski definition) is 3. The average molecular weight is 409 g/mol. The molecule has 1 aromatic heterocycles. The third-order valence-corrected chi connectivity index (χ3v) is 4.65. The summed E-state index contributed by atoms with van der Waals surface area (Å²) in [5.74, 6) is -0.633. The van der Waals surface area contributed by atoms with E-state index in [0.29, 0.717) is 17.0 Å². The van der Waals surface area contributed by atoms with Gasteiger partial charge in [0.15, 0.2) is 5.76 Å². The third-order valence-electron chi connectivity index (χ3n) is 4.65. The summed E-state index contributed by atoms with van der Waals surface area (Å²) in [4.78, 5) is 23.3. The van der Waals surface area contributed by atoms with Crippen LogP contribution in [0.2, 0.25) is 0 Å². The molecule has 0 aliphatic rings. The molecule has 0 saturated heterocycles. The van der Waals surface area contributed by atoms with E-state index in [0.717, 1.165) is 22.8 Å². The van der Waals surface area contributed by atoms with Crippen LogP contribution < -0.4 is 5.32 Å². The maximum Gasteiger partial charge on any atom is 0.328 e. The highest BCUT2D eigenvalue weighted by atomic mass is 16.4. The van der Waals surface area contributed by atoms with Crippen molar-refractivity contribution in [3.8, 4) is 22.5 Å². The van der Waals surface area contributed by atoms with Crippen LogP contribution in [0.25, 0.3) is 28.5 Å². The summed E-state index contributed by atoms with van der Waals surface area (Å²) in [6, 6.07) is 28.3. The number of hydrogen-bond donors (Lipinski definition) is 2. The van der Waals surface area contributed by atoms with Gasteiger partial charge >= 0.3 is 5.97 Å². The number of furan rings is 1. The number of carbonyl (C=O) groups is 2. The van der Waals surface area contributed by atoms with Gasteiger partial charge < -0.3 is 14.8 Å². The molecule has 4 rings (SSSR count). The summed E-state index contributed by atoms with van der Waals surface area (Å²) in [6.45, 7) is 0. The predicted molar refractivity (Wildman–Crippen MR) is 121 cm³/mol. The van der Waals surface area contributed by atoms with Crippen molar-refractivity contribution in [3.63, 3.8) is 0 Å². The van der Waals surface area contributed by atoms with Gasteiger partial charge in [0.1, 0.15) is 5.76 Å². The SMILES string of the molecule is O=C(O)/C=C/c1cccc(NC(=O)c2ccc(-c3cccc(-c4ccccc4)c3)o2)c1. The number of carbonyl (C=O) groups excluding carboxylic acids is 1. The molecule has 5 heteroatoms. The molecule has 2 N–H and O–H groups in total. The zero-order valence-corrected chi connectivity index (χ0v) is 16.5. The molecule has 4 aromatic rings. The topological polar surface area (TPSA) is 79.5 Å². The van der Waals surface area contributed by atoms with Crippen LogP contribution in [-0.2, 0) is 4.79 Å². The van der Waals surface area contributed by atoms with Gasteiger partial charge in [0.2, 0.25) is 0 Å². The van der Waals surface area contributed by atoms with E-state index in [2.05, 4.69) is 5.32 Å². The van der Waals surface area contributed by atoms with Crippen molar-refractivity contribution in [3.05, 3.63) is 108 Å². The first-order chi connectivity index (χ1) is 15.1. The molecule has 152 valence electrons. The van der Waals surface area contributed by atoms with E-state index in [-0.39, 0.29) is 11.7 Å². The summed E-state index contributed by atoms with van der Waals surface area (Å²) in [5, 5.41) is 11.5. The Bertz CT molecular complexity index is 1260. The fourth-order valence-electron chi connectivity index (χ4n) is 3.18. The average Bonchev–Trinajstić information content (AvgIpc) is 3.29. The van der Waals surface area contributed by atoms with E-state index in [1.807, 2.05) is 54.6 Å². The number of rotatable bonds is 6. The highest BCUT2D eigenvalue weighted by Gasteiger charge is 2.13. The lowest BCUT2D eigenvalue weighted by Crippen LogP contribution is -2.10. The number of carboxylic acids is 1. The minimum atomic E-state index is -1.03. The quantitative estimate of drug-likeness (QED) is 0.385. The summed E-state index contributed by atoms with van der Waals surface area (Å²) in [5.41, 5.74) is 4.25. The molecule has 0 aliphatic carbocycles. The van der Waals surface area contributed by atoms with Crippen molar-refractivity contribution in [2.75, 3.05) is 5.32 Å². The standard InChI is InChI=1S/C26H19NO4/c28-25(29)15-12-18-6-4-11-22(16-18)27-26(30)24-14-13-23(31-24)21-10-5-9-20(17-21)19-7-2-1-3-8-19/h1-17H,(H,27,30)(H,28,29)/b15-12+. The molecule has 0 spiro atoms. The van der Waals surface area contributed by atoms with Crippen LogP contribution in [0, 0.1) is 0 Å². The minimum absolute atomic E-state index is 0.187. The van der Waals surface area contributed by atoms with Gasteiger partial charge in [-0.3, -0.25) is 4.79 Å². The second kappa shape index (κ2) is 8.97. The Balaban J connectivity index is 1.51. The smallest absolute Gasteiger partial charge is 0.328 e. The van der Waals surface area contributed by atoms with Crippen LogP contribution in [0.4, 0.5) is 5.69 Å². The molecule has 0 atom stereocenters. The Morgan fingerprint density at radius 3 is 2.32 bits per heavy atom.